The second-order valence-corrected chi connectivity index (χ2v) is 8.24. The van der Waals surface area contributed by atoms with Gasteiger partial charge in [-0.05, 0) is 38.0 Å². The van der Waals surface area contributed by atoms with Crippen molar-refractivity contribution in [3.05, 3.63) is 35.8 Å². The molecule has 3 rings (SSSR count). The first kappa shape index (κ1) is 20.2. The summed E-state index contributed by atoms with van der Waals surface area (Å²) in [6, 6.07) is 7.71. The van der Waals surface area contributed by atoms with Gasteiger partial charge in [0.15, 0.2) is 5.41 Å². The predicted octanol–water partition coefficient (Wildman–Crippen LogP) is 3.36. The van der Waals surface area contributed by atoms with Crippen molar-refractivity contribution in [3.8, 4) is 18.2 Å². The van der Waals surface area contributed by atoms with Crippen LogP contribution in [-0.2, 0) is 4.74 Å². The van der Waals surface area contributed by atoms with Crippen molar-refractivity contribution in [1.29, 1.82) is 21.2 Å². The van der Waals surface area contributed by atoms with Gasteiger partial charge in [0.05, 0.1) is 36.4 Å². The van der Waals surface area contributed by atoms with E-state index in [2.05, 4.69) is 6.07 Å². The number of nitrogens with one attached hydrogen (secondary N) is 1. The van der Waals surface area contributed by atoms with Crippen molar-refractivity contribution >= 4 is 11.8 Å². The number of hydrogen-bond acceptors (Lipinski definition) is 7. The molecule has 0 saturated heterocycles. The van der Waals surface area contributed by atoms with Crippen LogP contribution in [0.25, 0.3) is 0 Å². The fraction of sp³-hybridized carbons (Fsp3) is 0.476. The van der Waals surface area contributed by atoms with Gasteiger partial charge in [-0.2, -0.15) is 15.8 Å². The van der Waals surface area contributed by atoms with Gasteiger partial charge in [0.2, 0.25) is 0 Å². The number of carbonyl (C=O) groups is 1. The molecule has 1 saturated carbocycles. The summed E-state index contributed by atoms with van der Waals surface area (Å²) in [7, 11) is 0. The van der Waals surface area contributed by atoms with Gasteiger partial charge >= 0.3 is 6.09 Å². The molecule has 8 nitrogen and oxygen atoms in total. The highest BCUT2D eigenvalue weighted by Crippen LogP contribution is 2.53. The lowest BCUT2D eigenvalue weighted by Crippen LogP contribution is -2.54. The van der Waals surface area contributed by atoms with E-state index in [0.717, 1.165) is 0 Å². The molecule has 0 radical (unpaired) electrons. The molecule has 1 aliphatic carbocycles. The zero-order valence-corrected chi connectivity index (χ0v) is 16.5. The van der Waals surface area contributed by atoms with Gasteiger partial charge in [0, 0.05) is 24.9 Å². The monoisotopic (exact) mass is 391 g/mol. The summed E-state index contributed by atoms with van der Waals surface area (Å²) in [6.07, 6.45) is 4.12. The number of rotatable bonds is 1. The Morgan fingerprint density at radius 3 is 2.55 bits per heavy atom. The molecule has 2 heterocycles. The van der Waals surface area contributed by atoms with E-state index in [-0.39, 0.29) is 18.8 Å². The Bertz CT molecular complexity index is 967. The molecule has 8 heteroatoms. The molecular formula is C21H21N5O3. The first-order chi connectivity index (χ1) is 13.7. The molecule has 29 heavy (non-hydrogen) atoms. The molecule has 0 bridgehead atoms. The molecule has 1 fully saturated rings. The Kier molecular flexibility index (Phi) is 4.95. The average Bonchev–Trinajstić information content (AvgIpc) is 3.19. The van der Waals surface area contributed by atoms with Crippen LogP contribution < -0.4 is 0 Å². The average molecular weight is 391 g/mol. The second kappa shape index (κ2) is 7.11. The first-order valence-corrected chi connectivity index (χ1v) is 9.19. The Morgan fingerprint density at radius 1 is 1.34 bits per heavy atom. The van der Waals surface area contributed by atoms with Gasteiger partial charge < -0.3 is 19.5 Å². The van der Waals surface area contributed by atoms with Gasteiger partial charge in [-0.25, -0.2) is 4.79 Å². The van der Waals surface area contributed by atoms with E-state index in [1.54, 1.807) is 32.9 Å². The third-order valence-electron chi connectivity index (χ3n) is 5.34. The van der Waals surface area contributed by atoms with Crippen molar-refractivity contribution in [1.82, 2.24) is 4.90 Å². The van der Waals surface area contributed by atoms with Crippen molar-refractivity contribution in [2.75, 3.05) is 13.1 Å². The third-order valence-corrected chi connectivity index (χ3v) is 5.34. The topological polar surface area (TPSA) is 138 Å². The van der Waals surface area contributed by atoms with E-state index >= 15 is 0 Å². The summed E-state index contributed by atoms with van der Waals surface area (Å²) in [5.41, 5.74) is -1.49. The standard InChI is InChI=1S/C21H21N5O3/c1-20(2,3)29-19(27)26-6-4-14-15(8-22)18(25)21(11-23,12-24)17(16(14)9-26)13-5-7-28-10-13/h4-5,7,10,15-17,25H,6,9H2,1-3H3/t15?,16-,17-/m0/s1. The maximum Gasteiger partial charge on any atom is 0.410 e. The lowest BCUT2D eigenvalue weighted by atomic mass is 9.54. The van der Waals surface area contributed by atoms with Crippen molar-refractivity contribution in [2.24, 2.45) is 17.3 Å². The smallest absolute Gasteiger partial charge is 0.410 e. The van der Waals surface area contributed by atoms with Crippen LogP contribution in [0.15, 0.2) is 34.7 Å². The molecule has 0 aromatic carbocycles. The zero-order chi connectivity index (χ0) is 21.4. The minimum absolute atomic E-state index is 0.174. The quantitative estimate of drug-likeness (QED) is 0.728. The molecule has 3 atom stereocenters. The largest absolute Gasteiger partial charge is 0.472 e. The SMILES string of the molecule is CC(C)(C)OC(=O)N1CC=C2C(C#N)C(=N)C(C#N)(C#N)[C@@H](c3ccoc3)[C@H]2C1. The van der Waals surface area contributed by atoms with Gasteiger partial charge in [0.25, 0.3) is 0 Å². The Labute approximate surface area is 169 Å². The highest BCUT2D eigenvalue weighted by molar-refractivity contribution is 6.00. The highest BCUT2D eigenvalue weighted by Gasteiger charge is 2.58. The van der Waals surface area contributed by atoms with Crippen LogP contribution in [0.1, 0.15) is 32.3 Å². The molecular weight excluding hydrogens is 370 g/mol. The molecule has 2 aliphatic rings. The number of amides is 1. The van der Waals surface area contributed by atoms with E-state index in [1.165, 1.54) is 17.4 Å². The molecule has 1 N–H and O–H groups in total. The normalized spacial score (nSPS) is 25.7. The summed E-state index contributed by atoms with van der Waals surface area (Å²) in [5, 5.41) is 38.1. The van der Waals surface area contributed by atoms with Crippen molar-refractivity contribution < 1.29 is 13.9 Å². The number of fused-ring (bicyclic) bond motifs is 1. The van der Waals surface area contributed by atoms with Crippen LogP contribution in [-0.4, -0.2) is 35.4 Å². The lowest BCUT2D eigenvalue weighted by Gasteiger charge is -2.47. The Morgan fingerprint density at radius 2 is 2.03 bits per heavy atom. The maximum atomic E-state index is 12.6. The summed E-state index contributed by atoms with van der Waals surface area (Å²) in [4.78, 5) is 14.1. The van der Waals surface area contributed by atoms with E-state index in [1.807, 2.05) is 12.1 Å². The summed E-state index contributed by atoms with van der Waals surface area (Å²) in [6.45, 7) is 5.72. The van der Waals surface area contributed by atoms with Gasteiger partial charge in [0.1, 0.15) is 11.5 Å². The first-order valence-electron chi connectivity index (χ1n) is 9.19. The minimum atomic E-state index is -1.83. The van der Waals surface area contributed by atoms with Gasteiger partial charge in [-0.1, -0.05) is 6.08 Å². The second-order valence-electron chi connectivity index (χ2n) is 8.24. The van der Waals surface area contributed by atoms with E-state index in [0.29, 0.717) is 11.1 Å². The van der Waals surface area contributed by atoms with Crippen molar-refractivity contribution in [3.63, 3.8) is 0 Å². The van der Waals surface area contributed by atoms with Crippen LogP contribution in [0.4, 0.5) is 4.79 Å². The number of hydrogen-bond donors (Lipinski definition) is 1. The van der Waals surface area contributed by atoms with Gasteiger partial charge in [-0.3, -0.25) is 0 Å². The lowest BCUT2D eigenvalue weighted by molar-refractivity contribution is 0.0222. The molecule has 0 spiro atoms. The van der Waals surface area contributed by atoms with E-state index in [9.17, 15) is 20.6 Å². The van der Waals surface area contributed by atoms with Crippen LogP contribution in [0, 0.1) is 56.7 Å². The van der Waals surface area contributed by atoms with E-state index < -0.39 is 34.9 Å². The van der Waals surface area contributed by atoms with Crippen LogP contribution in [0.5, 0.6) is 0 Å². The predicted molar refractivity (Wildman–Crippen MR) is 101 cm³/mol. The van der Waals surface area contributed by atoms with Crippen molar-refractivity contribution in [2.45, 2.75) is 32.3 Å². The van der Waals surface area contributed by atoms with Crippen LogP contribution >= 0.6 is 0 Å². The number of ether oxygens (including phenoxy) is 1. The molecule has 1 aromatic rings. The summed E-state index contributed by atoms with van der Waals surface area (Å²) >= 11 is 0. The highest BCUT2D eigenvalue weighted by atomic mass is 16.6. The van der Waals surface area contributed by atoms with Gasteiger partial charge in [-0.15, -0.1) is 0 Å². The summed E-state index contributed by atoms with van der Waals surface area (Å²) in [5.74, 6) is -2.22. The number of furan rings is 1. The molecule has 1 unspecified atom stereocenters. The molecule has 1 amide bonds. The third kappa shape index (κ3) is 3.26. The molecule has 148 valence electrons. The maximum absolute atomic E-state index is 12.6. The van der Waals surface area contributed by atoms with E-state index in [4.69, 9.17) is 14.6 Å². The summed E-state index contributed by atoms with van der Waals surface area (Å²) < 4.78 is 10.6. The minimum Gasteiger partial charge on any atom is -0.472 e. The molecule has 1 aromatic heterocycles. The van der Waals surface area contributed by atoms with Crippen LogP contribution in [0.2, 0.25) is 0 Å². The zero-order valence-electron chi connectivity index (χ0n) is 16.5. The number of carbonyl (C=O) groups excluding carboxylic acids is 1. The Balaban J connectivity index is 2.10. The number of nitriles is 3. The Hall–Kier alpha value is -3.57. The fourth-order valence-corrected chi connectivity index (χ4v) is 4.11. The van der Waals surface area contributed by atoms with Crippen LogP contribution in [0.3, 0.4) is 0 Å². The fourth-order valence-electron chi connectivity index (χ4n) is 4.11. The molecule has 1 aliphatic heterocycles. The number of nitrogens with zero attached hydrogens (tertiary/aromatic N) is 4.